The molecule has 1 aromatic rings. The molecular formula is C15H31IN6. The number of halogens is 1. The van der Waals surface area contributed by atoms with Crippen LogP contribution in [0.25, 0.3) is 0 Å². The second-order valence-corrected chi connectivity index (χ2v) is 5.45. The van der Waals surface area contributed by atoms with Gasteiger partial charge in [-0.05, 0) is 20.3 Å². The Balaban J connectivity index is 0.00000441. The van der Waals surface area contributed by atoms with Gasteiger partial charge in [-0.15, -0.1) is 34.2 Å². The summed E-state index contributed by atoms with van der Waals surface area (Å²) in [6.07, 6.45) is 8.06. The molecule has 1 aromatic heterocycles. The molecule has 0 saturated heterocycles. The Labute approximate surface area is 151 Å². The molecule has 22 heavy (non-hydrogen) atoms. The van der Waals surface area contributed by atoms with Crippen molar-refractivity contribution in [3.8, 4) is 0 Å². The molecule has 0 spiro atoms. The van der Waals surface area contributed by atoms with Crippen LogP contribution in [-0.2, 0) is 13.6 Å². The number of hydrogen-bond acceptors (Lipinski definition) is 3. The molecule has 1 unspecified atom stereocenters. The Morgan fingerprint density at radius 3 is 2.68 bits per heavy atom. The van der Waals surface area contributed by atoms with Crippen molar-refractivity contribution >= 4 is 29.9 Å². The van der Waals surface area contributed by atoms with Gasteiger partial charge in [-0.25, -0.2) is 4.99 Å². The van der Waals surface area contributed by atoms with E-state index in [-0.39, 0.29) is 24.0 Å². The van der Waals surface area contributed by atoms with E-state index in [1.54, 1.807) is 6.33 Å². The zero-order chi connectivity index (χ0) is 15.5. The Bertz CT molecular complexity index is 418. The van der Waals surface area contributed by atoms with Crippen molar-refractivity contribution < 1.29 is 0 Å². The quantitative estimate of drug-likeness (QED) is 0.278. The minimum absolute atomic E-state index is 0. The lowest BCUT2D eigenvalue weighted by Gasteiger charge is -2.17. The molecule has 0 saturated carbocycles. The Hall–Kier alpha value is -0.860. The van der Waals surface area contributed by atoms with Gasteiger partial charge >= 0.3 is 0 Å². The van der Waals surface area contributed by atoms with Crippen LogP contribution in [-0.4, -0.2) is 33.3 Å². The van der Waals surface area contributed by atoms with Crippen molar-refractivity contribution in [2.45, 2.75) is 65.5 Å². The highest BCUT2D eigenvalue weighted by Gasteiger charge is 2.06. The van der Waals surface area contributed by atoms with Crippen molar-refractivity contribution in [3.63, 3.8) is 0 Å². The van der Waals surface area contributed by atoms with Crippen LogP contribution in [0.3, 0.4) is 0 Å². The summed E-state index contributed by atoms with van der Waals surface area (Å²) in [7, 11) is 1.93. The SMILES string of the molecule is CCCCCCC(C)NC(=NCc1nncn1C)NCC.I. The highest BCUT2D eigenvalue weighted by Crippen LogP contribution is 2.05. The molecule has 0 amide bonds. The predicted molar refractivity (Wildman–Crippen MR) is 103 cm³/mol. The molecule has 0 radical (unpaired) electrons. The van der Waals surface area contributed by atoms with Gasteiger partial charge in [0.05, 0.1) is 0 Å². The van der Waals surface area contributed by atoms with Gasteiger partial charge in [0, 0.05) is 19.6 Å². The number of nitrogens with one attached hydrogen (secondary N) is 2. The molecule has 6 nitrogen and oxygen atoms in total. The van der Waals surface area contributed by atoms with Crippen LogP contribution in [0.15, 0.2) is 11.3 Å². The molecule has 0 aliphatic carbocycles. The molecule has 0 fully saturated rings. The van der Waals surface area contributed by atoms with Crippen molar-refractivity contribution in [1.82, 2.24) is 25.4 Å². The van der Waals surface area contributed by atoms with Crippen molar-refractivity contribution in [2.75, 3.05) is 6.54 Å². The smallest absolute Gasteiger partial charge is 0.191 e. The third kappa shape index (κ3) is 8.55. The maximum absolute atomic E-state index is 4.57. The van der Waals surface area contributed by atoms with Crippen LogP contribution in [0.2, 0.25) is 0 Å². The van der Waals surface area contributed by atoms with Gasteiger partial charge < -0.3 is 15.2 Å². The highest BCUT2D eigenvalue weighted by molar-refractivity contribution is 14.0. The maximum atomic E-state index is 4.57. The Morgan fingerprint density at radius 1 is 1.32 bits per heavy atom. The summed E-state index contributed by atoms with van der Waals surface area (Å²) in [4.78, 5) is 4.57. The van der Waals surface area contributed by atoms with E-state index in [9.17, 15) is 0 Å². The monoisotopic (exact) mass is 422 g/mol. The van der Waals surface area contributed by atoms with Crippen LogP contribution in [0, 0.1) is 0 Å². The molecule has 1 atom stereocenters. The first kappa shape index (κ1) is 21.1. The van der Waals surface area contributed by atoms with Crippen molar-refractivity contribution in [2.24, 2.45) is 12.0 Å². The Morgan fingerprint density at radius 2 is 2.09 bits per heavy atom. The summed E-state index contributed by atoms with van der Waals surface area (Å²) in [6.45, 7) is 7.91. The van der Waals surface area contributed by atoms with Gasteiger partial charge in [-0.3, -0.25) is 0 Å². The van der Waals surface area contributed by atoms with E-state index in [1.807, 2.05) is 11.6 Å². The number of rotatable bonds is 9. The van der Waals surface area contributed by atoms with Crippen molar-refractivity contribution in [3.05, 3.63) is 12.2 Å². The zero-order valence-electron chi connectivity index (χ0n) is 14.3. The lowest BCUT2D eigenvalue weighted by molar-refractivity contribution is 0.537. The number of aryl methyl sites for hydroxylation is 1. The van der Waals surface area contributed by atoms with E-state index >= 15 is 0 Å². The number of aliphatic imine (C=N–C) groups is 1. The van der Waals surface area contributed by atoms with E-state index in [4.69, 9.17) is 0 Å². The summed E-state index contributed by atoms with van der Waals surface area (Å²) < 4.78 is 1.89. The van der Waals surface area contributed by atoms with E-state index < -0.39 is 0 Å². The lowest BCUT2D eigenvalue weighted by Crippen LogP contribution is -2.42. The summed E-state index contributed by atoms with van der Waals surface area (Å²) in [6, 6.07) is 0.430. The van der Waals surface area contributed by atoms with Gasteiger partial charge in [0.25, 0.3) is 0 Å². The summed E-state index contributed by atoms with van der Waals surface area (Å²) in [5, 5.41) is 14.7. The first-order valence-electron chi connectivity index (χ1n) is 8.05. The minimum atomic E-state index is 0. The fourth-order valence-electron chi connectivity index (χ4n) is 2.10. The summed E-state index contributed by atoms with van der Waals surface area (Å²) >= 11 is 0. The number of unbranched alkanes of at least 4 members (excludes halogenated alkanes) is 3. The van der Waals surface area contributed by atoms with Crippen LogP contribution in [0.4, 0.5) is 0 Å². The molecule has 7 heteroatoms. The van der Waals surface area contributed by atoms with E-state index in [1.165, 1.54) is 32.1 Å². The minimum Gasteiger partial charge on any atom is -0.357 e. The third-order valence-corrected chi connectivity index (χ3v) is 3.40. The predicted octanol–water partition coefficient (Wildman–Crippen LogP) is 2.85. The largest absolute Gasteiger partial charge is 0.357 e. The molecule has 128 valence electrons. The van der Waals surface area contributed by atoms with Crippen LogP contribution >= 0.6 is 24.0 Å². The summed E-state index contributed by atoms with van der Waals surface area (Å²) in [5.74, 6) is 1.71. The van der Waals surface area contributed by atoms with Crippen LogP contribution in [0.5, 0.6) is 0 Å². The molecule has 2 N–H and O–H groups in total. The third-order valence-electron chi connectivity index (χ3n) is 3.40. The molecule has 0 aromatic carbocycles. The first-order valence-corrected chi connectivity index (χ1v) is 8.05. The number of nitrogens with zero attached hydrogens (tertiary/aromatic N) is 4. The number of hydrogen-bond donors (Lipinski definition) is 2. The molecule has 1 heterocycles. The van der Waals surface area contributed by atoms with Gasteiger partial charge in [-0.1, -0.05) is 32.6 Å². The second-order valence-electron chi connectivity index (χ2n) is 5.45. The molecule has 0 aliphatic heterocycles. The standard InChI is InChI=1S/C15H30N6.HI/c1-5-7-8-9-10-13(3)19-15(16-6-2)17-11-14-20-18-12-21(14)4;/h12-13H,5-11H2,1-4H3,(H2,16,17,19);1H. The topological polar surface area (TPSA) is 67.1 Å². The van der Waals surface area contributed by atoms with Gasteiger partial charge in [-0.2, -0.15) is 0 Å². The fourth-order valence-corrected chi connectivity index (χ4v) is 2.10. The van der Waals surface area contributed by atoms with Gasteiger partial charge in [0.15, 0.2) is 11.8 Å². The van der Waals surface area contributed by atoms with Crippen LogP contribution < -0.4 is 10.6 Å². The highest BCUT2D eigenvalue weighted by atomic mass is 127. The molecule has 0 aliphatic rings. The molecular weight excluding hydrogens is 391 g/mol. The van der Waals surface area contributed by atoms with Gasteiger partial charge in [0.2, 0.25) is 0 Å². The molecule has 1 rings (SSSR count). The second kappa shape index (κ2) is 12.7. The van der Waals surface area contributed by atoms with E-state index in [2.05, 4.69) is 46.6 Å². The lowest BCUT2D eigenvalue weighted by atomic mass is 10.1. The Kier molecular flexibility index (Phi) is 12.2. The molecule has 0 bridgehead atoms. The zero-order valence-corrected chi connectivity index (χ0v) is 16.6. The fraction of sp³-hybridized carbons (Fsp3) is 0.800. The van der Waals surface area contributed by atoms with E-state index in [0.717, 1.165) is 18.3 Å². The van der Waals surface area contributed by atoms with Crippen molar-refractivity contribution in [1.29, 1.82) is 0 Å². The first-order chi connectivity index (χ1) is 10.2. The number of guanidine groups is 1. The number of aromatic nitrogens is 3. The van der Waals surface area contributed by atoms with Gasteiger partial charge in [0.1, 0.15) is 12.9 Å². The average molecular weight is 422 g/mol. The summed E-state index contributed by atoms with van der Waals surface area (Å²) in [5.41, 5.74) is 0. The van der Waals surface area contributed by atoms with E-state index in [0.29, 0.717) is 12.6 Å². The van der Waals surface area contributed by atoms with Crippen LogP contribution in [0.1, 0.15) is 58.7 Å². The normalized spacial score (nSPS) is 12.6. The average Bonchev–Trinajstić information content (AvgIpc) is 2.87. The maximum Gasteiger partial charge on any atom is 0.191 e.